The highest BCUT2D eigenvalue weighted by Crippen LogP contribution is 2.42. The Labute approximate surface area is 105 Å². The molecule has 0 bridgehead atoms. The Kier molecular flexibility index (Phi) is 2.59. The number of hydrogen-bond donors (Lipinski definition) is 2. The van der Waals surface area contributed by atoms with E-state index < -0.39 is 0 Å². The molecule has 0 atom stereocenters. The quantitative estimate of drug-likeness (QED) is 0.867. The predicted octanol–water partition coefficient (Wildman–Crippen LogP) is 2.24. The van der Waals surface area contributed by atoms with E-state index in [4.69, 9.17) is 0 Å². The fraction of sp³-hybridized carbons (Fsp3) is 0.308. The monoisotopic (exact) mass is 242 g/mol. The fourth-order valence-corrected chi connectivity index (χ4v) is 1.87. The molecule has 0 unspecified atom stereocenters. The molecule has 1 fully saturated rings. The third-order valence-corrected chi connectivity index (χ3v) is 3.05. The molecule has 1 saturated carbocycles. The first-order valence-corrected chi connectivity index (χ1v) is 6.01. The van der Waals surface area contributed by atoms with Crippen LogP contribution in [0.2, 0.25) is 0 Å². The number of aryl methyl sites for hydroxylation is 1. The van der Waals surface area contributed by atoms with Gasteiger partial charge in [0.25, 0.3) is 5.91 Å². The van der Waals surface area contributed by atoms with Gasteiger partial charge < -0.3 is 5.32 Å². The number of hydrogen-bond acceptors (Lipinski definition) is 3. The van der Waals surface area contributed by atoms with Crippen LogP contribution in [-0.2, 0) is 0 Å². The van der Waals surface area contributed by atoms with Gasteiger partial charge in [0.1, 0.15) is 5.69 Å². The lowest BCUT2D eigenvalue weighted by Gasteiger charge is -2.04. The first kappa shape index (κ1) is 11.0. The number of anilines is 1. The average Bonchev–Trinajstić information content (AvgIpc) is 3.11. The lowest BCUT2D eigenvalue weighted by molar-refractivity contribution is 0.102. The SMILES string of the molecule is Cc1ccc(C(=O)Nc2cn[nH]c2C2CC2)nc1. The summed E-state index contributed by atoms with van der Waals surface area (Å²) in [7, 11) is 0. The molecule has 1 aliphatic rings. The first-order valence-electron chi connectivity index (χ1n) is 6.01. The van der Waals surface area contributed by atoms with Crippen molar-refractivity contribution in [3.63, 3.8) is 0 Å². The molecule has 2 aromatic heterocycles. The Hall–Kier alpha value is -2.17. The van der Waals surface area contributed by atoms with Crippen LogP contribution in [0.1, 0.15) is 40.5 Å². The zero-order valence-corrected chi connectivity index (χ0v) is 10.1. The molecule has 1 aliphatic carbocycles. The molecule has 0 spiro atoms. The smallest absolute Gasteiger partial charge is 0.274 e. The van der Waals surface area contributed by atoms with E-state index in [-0.39, 0.29) is 5.91 Å². The number of aromatic amines is 1. The van der Waals surface area contributed by atoms with E-state index in [1.54, 1.807) is 18.5 Å². The maximum Gasteiger partial charge on any atom is 0.274 e. The summed E-state index contributed by atoms with van der Waals surface area (Å²) < 4.78 is 0. The average molecular weight is 242 g/mol. The summed E-state index contributed by atoms with van der Waals surface area (Å²) in [5, 5.41) is 9.79. The topological polar surface area (TPSA) is 70.7 Å². The van der Waals surface area contributed by atoms with Gasteiger partial charge in [0, 0.05) is 12.1 Å². The van der Waals surface area contributed by atoms with Crippen LogP contribution in [0.3, 0.4) is 0 Å². The van der Waals surface area contributed by atoms with Gasteiger partial charge in [-0.25, -0.2) is 0 Å². The van der Waals surface area contributed by atoms with Gasteiger partial charge in [0.15, 0.2) is 0 Å². The number of pyridine rings is 1. The Balaban J connectivity index is 1.77. The van der Waals surface area contributed by atoms with Crippen LogP contribution in [0.4, 0.5) is 5.69 Å². The molecule has 0 aromatic carbocycles. The molecule has 0 radical (unpaired) electrons. The number of rotatable bonds is 3. The molecule has 92 valence electrons. The zero-order chi connectivity index (χ0) is 12.5. The highest BCUT2D eigenvalue weighted by Gasteiger charge is 2.28. The van der Waals surface area contributed by atoms with E-state index in [1.165, 1.54) is 0 Å². The molecule has 2 N–H and O–H groups in total. The second-order valence-corrected chi connectivity index (χ2v) is 4.65. The van der Waals surface area contributed by atoms with Crippen molar-refractivity contribution in [3.05, 3.63) is 41.5 Å². The van der Waals surface area contributed by atoms with Crippen molar-refractivity contribution in [2.24, 2.45) is 0 Å². The number of carbonyl (C=O) groups is 1. The van der Waals surface area contributed by atoms with Gasteiger partial charge in [0.2, 0.25) is 0 Å². The van der Waals surface area contributed by atoms with Crippen molar-refractivity contribution >= 4 is 11.6 Å². The molecule has 0 aliphatic heterocycles. The minimum atomic E-state index is -0.196. The van der Waals surface area contributed by atoms with E-state index in [2.05, 4.69) is 20.5 Å². The van der Waals surface area contributed by atoms with Crippen LogP contribution in [0.15, 0.2) is 24.5 Å². The van der Waals surface area contributed by atoms with Gasteiger partial charge in [-0.1, -0.05) is 6.07 Å². The lowest BCUT2D eigenvalue weighted by atomic mass is 10.2. The van der Waals surface area contributed by atoms with Crippen molar-refractivity contribution in [2.75, 3.05) is 5.32 Å². The standard InChI is InChI=1S/C13H14N4O/c1-8-2-5-10(14-6-8)13(18)16-11-7-15-17-12(11)9-3-4-9/h2,5-7,9H,3-4H2,1H3,(H,15,17)(H,16,18). The van der Waals surface area contributed by atoms with Crippen LogP contribution in [0.25, 0.3) is 0 Å². The number of aromatic nitrogens is 3. The zero-order valence-electron chi connectivity index (χ0n) is 10.1. The Morgan fingerprint density at radius 2 is 2.22 bits per heavy atom. The van der Waals surface area contributed by atoms with E-state index >= 15 is 0 Å². The Bertz CT molecular complexity index is 569. The summed E-state index contributed by atoms with van der Waals surface area (Å²) in [6.45, 7) is 1.94. The van der Waals surface area contributed by atoms with Crippen LogP contribution in [0.5, 0.6) is 0 Å². The summed E-state index contributed by atoms with van der Waals surface area (Å²) in [5.41, 5.74) is 3.25. The molecule has 3 rings (SSSR count). The van der Waals surface area contributed by atoms with E-state index in [0.29, 0.717) is 11.6 Å². The third-order valence-electron chi connectivity index (χ3n) is 3.05. The van der Waals surface area contributed by atoms with Crippen LogP contribution >= 0.6 is 0 Å². The normalized spacial score (nSPS) is 14.5. The van der Waals surface area contributed by atoms with E-state index in [9.17, 15) is 4.79 Å². The number of H-pyrrole nitrogens is 1. The van der Waals surface area contributed by atoms with Gasteiger partial charge in [-0.2, -0.15) is 5.10 Å². The molecule has 5 heteroatoms. The van der Waals surface area contributed by atoms with Gasteiger partial charge in [-0.15, -0.1) is 0 Å². The summed E-state index contributed by atoms with van der Waals surface area (Å²) in [5.74, 6) is 0.326. The minimum absolute atomic E-state index is 0.196. The highest BCUT2D eigenvalue weighted by molar-refractivity contribution is 6.03. The van der Waals surface area contributed by atoms with Crippen LogP contribution in [-0.4, -0.2) is 21.1 Å². The summed E-state index contributed by atoms with van der Waals surface area (Å²) >= 11 is 0. The fourth-order valence-electron chi connectivity index (χ4n) is 1.87. The Morgan fingerprint density at radius 1 is 1.39 bits per heavy atom. The number of nitrogens with zero attached hydrogens (tertiary/aromatic N) is 2. The van der Waals surface area contributed by atoms with Gasteiger partial charge in [0.05, 0.1) is 17.6 Å². The maximum atomic E-state index is 12.0. The largest absolute Gasteiger partial charge is 0.318 e. The van der Waals surface area contributed by atoms with Crippen molar-refractivity contribution in [3.8, 4) is 0 Å². The molecule has 5 nitrogen and oxygen atoms in total. The second kappa shape index (κ2) is 4.25. The van der Waals surface area contributed by atoms with Crippen molar-refractivity contribution in [2.45, 2.75) is 25.7 Å². The summed E-state index contributed by atoms with van der Waals surface area (Å²) in [4.78, 5) is 16.1. The third kappa shape index (κ3) is 2.11. The van der Waals surface area contributed by atoms with Crippen LogP contribution < -0.4 is 5.32 Å². The van der Waals surface area contributed by atoms with Gasteiger partial charge in [-0.05, 0) is 31.4 Å². The van der Waals surface area contributed by atoms with Crippen molar-refractivity contribution < 1.29 is 4.79 Å². The van der Waals surface area contributed by atoms with Gasteiger partial charge in [-0.3, -0.25) is 14.9 Å². The van der Waals surface area contributed by atoms with Crippen molar-refractivity contribution in [1.29, 1.82) is 0 Å². The molecule has 0 saturated heterocycles. The summed E-state index contributed by atoms with van der Waals surface area (Å²) in [6, 6.07) is 3.60. The van der Waals surface area contributed by atoms with Crippen LogP contribution in [0, 0.1) is 6.92 Å². The Morgan fingerprint density at radius 3 is 2.89 bits per heavy atom. The summed E-state index contributed by atoms with van der Waals surface area (Å²) in [6.07, 6.45) is 5.66. The molecule has 2 aromatic rings. The minimum Gasteiger partial charge on any atom is -0.318 e. The molecule has 18 heavy (non-hydrogen) atoms. The van der Waals surface area contributed by atoms with E-state index in [0.717, 1.165) is 29.8 Å². The maximum absolute atomic E-state index is 12.0. The lowest BCUT2D eigenvalue weighted by Crippen LogP contribution is -2.14. The van der Waals surface area contributed by atoms with Crippen molar-refractivity contribution in [1.82, 2.24) is 15.2 Å². The van der Waals surface area contributed by atoms with Gasteiger partial charge >= 0.3 is 0 Å². The number of carbonyl (C=O) groups excluding carboxylic acids is 1. The number of nitrogens with one attached hydrogen (secondary N) is 2. The molecule has 2 heterocycles. The second-order valence-electron chi connectivity index (χ2n) is 4.65. The number of amides is 1. The molecular formula is C13H14N4O. The highest BCUT2D eigenvalue weighted by atomic mass is 16.1. The predicted molar refractivity (Wildman–Crippen MR) is 67.5 cm³/mol. The molecular weight excluding hydrogens is 228 g/mol. The first-order chi connectivity index (χ1) is 8.74. The van der Waals surface area contributed by atoms with E-state index in [1.807, 2.05) is 13.0 Å². The molecule has 1 amide bonds.